The maximum atomic E-state index is 12.5. The first-order chi connectivity index (χ1) is 12.2. The molecule has 0 spiro atoms. The lowest BCUT2D eigenvalue weighted by molar-refractivity contribution is -0.115. The minimum absolute atomic E-state index is 0.110. The van der Waals surface area contributed by atoms with Crippen LogP contribution in [0.15, 0.2) is 66.1 Å². The molecule has 0 saturated carbocycles. The summed E-state index contributed by atoms with van der Waals surface area (Å²) in [5, 5.41) is 11.3. The van der Waals surface area contributed by atoms with Crippen molar-refractivity contribution in [3.8, 4) is 11.4 Å². The van der Waals surface area contributed by atoms with Gasteiger partial charge in [0, 0.05) is 17.4 Å². The zero-order valence-corrected chi connectivity index (χ0v) is 14.7. The van der Waals surface area contributed by atoms with Crippen LogP contribution in [-0.2, 0) is 4.79 Å². The van der Waals surface area contributed by atoms with Gasteiger partial charge in [0.1, 0.15) is 12.1 Å². The highest BCUT2D eigenvalue weighted by atomic mass is 32.2. The van der Waals surface area contributed by atoms with Crippen molar-refractivity contribution in [2.45, 2.75) is 17.3 Å². The predicted octanol–water partition coefficient (Wildman–Crippen LogP) is 3.40. The number of amides is 1. The second kappa shape index (κ2) is 7.85. The first-order valence-corrected chi connectivity index (χ1v) is 8.62. The van der Waals surface area contributed by atoms with Crippen molar-refractivity contribution in [2.24, 2.45) is 0 Å². The van der Waals surface area contributed by atoms with Crippen molar-refractivity contribution in [1.82, 2.24) is 14.8 Å². The highest BCUT2D eigenvalue weighted by Gasteiger charge is 2.18. The van der Waals surface area contributed by atoms with Gasteiger partial charge in [-0.3, -0.25) is 9.36 Å². The molecule has 2 aromatic carbocycles. The summed E-state index contributed by atoms with van der Waals surface area (Å²) in [5.74, 6) is 0.586. The minimum atomic E-state index is -0.335. The Hall–Kier alpha value is -2.80. The number of hydrogen-bond donors (Lipinski definition) is 1. The second-order valence-corrected chi connectivity index (χ2v) is 6.61. The Morgan fingerprint density at radius 3 is 2.76 bits per heavy atom. The lowest BCUT2D eigenvalue weighted by Crippen LogP contribution is -2.22. The fraction of sp³-hybridized carbons (Fsp3) is 0.167. The molecule has 128 valence electrons. The highest BCUT2D eigenvalue weighted by Crippen LogP contribution is 2.25. The van der Waals surface area contributed by atoms with E-state index in [9.17, 15) is 4.79 Å². The van der Waals surface area contributed by atoms with Crippen LogP contribution in [0.2, 0.25) is 0 Å². The number of nitrogens with one attached hydrogen (secondary N) is 1. The van der Waals surface area contributed by atoms with Crippen LogP contribution >= 0.6 is 11.8 Å². The van der Waals surface area contributed by atoms with Crippen molar-refractivity contribution in [1.29, 1.82) is 0 Å². The summed E-state index contributed by atoms with van der Waals surface area (Å²) in [6, 6.07) is 17.0. The molecule has 7 heteroatoms. The van der Waals surface area contributed by atoms with E-state index in [2.05, 4.69) is 15.5 Å². The van der Waals surface area contributed by atoms with Gasteiger partial charge in [0.15, 0.2) is 5.16 Å². The van der Waals surface area contributed by atoms with E-state index in [0.717, 1.165) is 5.69 Å². The summed E-state index contributed by atoms with van der Waals surface area (Å²) in [4.78, 5) is 12.5. The van der Waals surface area contributed by atoms with E-state index >= 15 is 0 Å². The summed E-state index contributed by atoms with van der Waals surface area (Å²) in [5.41, 5.74) is 1.65. The topological polar surface area (TPSA) is 69.0 Å². The van der Waals surface area contributed by atoms with E-state index in [4.69, 9.17) is 4.74 Å². The van der Waals surface area contributed by atoms with Gasteiger partial charge in [-0.25, -0.2) is 0 Å². The molecule has 3 aromatic rings. The molecule has 1 aromatic heterocycles. The van der Waals surface area contributed by atoms with Crippen LogP contribution < -0.4 is 10.1 Å². The molecule has 1 atom stereocenters. The first kappa shape index (κ1) is 17.0. The molecule has 1 N–H and O–H groups in total. The lowest BCUT2D eigenvalue weighted by atomic mass is 10.3. The molecule has 0 bridgehead atoms. The summed E-state index contributed by atoms with van der Waals surface area (Å²) in [6.07, 6.45) is 1.64. The van der Waals surface area contributed by atoms with Gasteiger partial charge in [0.2, 0.25) is 5.91 Å². The number of carbonyl (C=O) groups is 1. The second-order valence-electron chi connectivity index (χ2n) is 5.30. The van der Waals surface area contributed by atoms with Crippen LogP contribution in [0.5, 0.6) is 5.75 Å². The van der Waals surface area contributed by atoms with E-state index in [1.165, 1.54) is 11.8 Å². The third-order valence-corrected chi connectivity index (χ3v) is 4.60. The monoisotopic (exact) mass is 354 g/mol. The van der Waals surface area contributed by atoms with E-state index in [1.807, 2.05) is 60.0 Å². The van der Waals surface area contributed by atoms with Crippen molar-refractivity contribution in [3.05, 3.63) is 60.9 Å². The molecule has 0 saturated heterocycles. The molecule has 3 rings (SSSR count). The Bertz CT molecular complexity index is 851. The van der Waals surface area contributed by atoms with Gasteiger partial charge in [-0.15, -0.1) is 10.2 Å². The maximum absolute atomic E-state index is 12.5. The van der Waals surface area contributed by atoms with E-state index in [0.29, 0.717) is 16.6 Å². The maximum Gasteiger partial charge on any atom is 0.237 e. The van der Waals surface area contributed by atoms with Crippen LogP contribution in [0.3, 0.4) is 0 Å². The molecule has 1 amide bonds. The number of ether oxygens (including phenoxy) is 1. The van der Waals surface area contributed by atoms with Crippen molar-refractivity contribution < 1.29 is 9.53 Å². The van der Waals surface area contributed by atoms with Gasteiger partial charge in [-0.2, -0.15) is 0 Å². The van der Waals surface area contributed by atoms with Gasteiger partial charge in [0.05, 0.1) is 12.4 Å². The normalized spacial score (nSPS) is 11.8. The fourth-order valence-corrected chi connectivity index (χ4v) is 3.07. The number of anilines is 1. The molecule has 1 unspecified atom stereocenters. The zero-order chi connectivity index (χ0) is 17.6. The molecule has 0 aliphatic carbocycles. The number of thioether (sulfide) groups is 1. The van der Waals surface area contributed by atoms with E-state index in [1.54, 1.807) is 19.5 Å². The summed E-state index contributed by atoms with van der Waals surface area (Å²) < 4.78 is 7.03. The van der Waals surface area contributed by atoms with Gasteiger partial charge in [-0.05, 0) is 31.2 Å². The summed E-state index contributed by atoms with van der Waals surface area (Å²) in [7, 11) is 1.59. The van der Waals surface area contributed by atoms with Gasteiger partial charge < -0.3 is 10.1 Å². The molecule has 0 fully saturated rings. The van der Waals surface area contributed by atoms with E-state index in [-0.39, 0.29) is 11.2 Å². The quantitative estimate of drug-likeness (QED) is 0.687. The zero-order valence-electron chi connectivity index (χ0n) is 13.9. The third-order valence-electron chi connectivity index (χ3n) is 3.54. The van der Waals surface area contributed by atoms with E-state index < -0.39 is 0 Å². The lowest BCUT2D eigenvalue weighted by Gasteiger charge is -2.13. The average Bonchev–Trinajstić information content (AvgIpc) is 3.10. The van der Waals surface area contributed by atoms with Crippen LogP contribution in [0, 0.1) is 0 Å². The molecule has 0 radical (unpaired) electrons. The summed E-state index contributed by atoms with van der Waals surface area (Å²) >= 11 is 1.36. The Morgan fingerprint density at radius 1 is 1.20 bits per heavy atom. The Morgan fingerprint density at radius 2 is 2.00 bits per heavy atom. The number of carbonyl (C=O) groups excluding carboxylic acids is 1. The minimum Gasteiger partial charge on any atom is -0.497 e. The SMILES string of the molecule is COc1cccc(NC(=O)C(C)Sc2nncn2-c2ccccc2)c1. The molecular formula is C18H18N4O2S. The standard InChI is InChI=1S/C18H18N4O2S/c1-13(17(23)20-14-7-6-10-16(11-14)24-2)25-18-21-19-12-22(18)15-8-4-3-5-9-15/h3-13H,1-2H3,(H,20,23). The largest absolute Gasteiger partial charge is 0.497 e. The van der Waals surface area contributed by atoms with Crippen molar-refractivity contribution >= 4 is 23.4 Å². The number of benzene rings is 2. The van der Waals surface area contributed by atoms with Gasteiger partial charge in [-0.1, -0.05) is 36.0 Å². The number of nitrogens with zero attached hydrogens (tertiary/aromatic N) is 3. The molecular weight excluding hydrogens is 336 g/mol. The predicted molar refractivity (Wildman–Crippen MR) is 98.3 cm³/mol. The fourth-order valence-electron chi connectivity index (χ4n) is 2.23. The highest BCUT2D eigenvalue weighted by molar-refractivity contribution is 8.00. The van der Waals surface area contributed by atoms with Crippen LogP contribution in [-0.4, -0.2) is 33.0 Å². The van der Waals surface area contributed by atoms with Crippen molar-refractivity contribution in [2.75, 3.05) is 12.4 Å². The number of aromatic nitrogens is 3. The van der Waals surface area contributed by atoms with Crippen molar-refractivity contribution in [3.63, 3.8) is 0 Å². The van der Waals surface area contributed by atoms with Crippen LogP contribution in [0.25, 0.3) is 5.69 Å². The average molecular weight is 354 g/mol. The third kappa shape index (κ3) is 4.19. The Labute approximate surface area is 150 Å². The molecule has 25 heavy (non-hydrogen) atoms. The molecule has 0 aliphatic heterocycles. The summed E-state index contributed by atoms with van der Waals surface area (Å²) in [6.45, 7) is 1.84. The van der Waals surface area contributed by atoms with Crippen LogP contribution in [0.4, 0.5) is 5.69 Å². The molecule has 6 nitrogen and oxygen atoms in total. The molecule has 1 heterocycles. The Kier molecular flexibility index (Phi) is 5.35. The number of hydrogen-bond acceptors (Lipinski definition) is 5. The Balaban J connectivity index is 1.69. The smallest absolute Gasteiger partial charge is 0.237 e. The van der Waals surface area contributed by atoms with Gasteiger partial charge in [0.25, 0.3) is 0 Å². The molecule has 0 aliphatic rings. The number of methoxy groups -OCH3 is 1. The number of rotatable bonds is 6. The van der Waals surface area contributed by atoms with Crippen LogP contribution in [0.1, 0.15) is 6.92 Å². The van der Waals surface area contributed by atoms with Gasteiger partial charge >= 0.3 is 0 Å². The first-order valence-electron chi connectivity index (χ1n) is 7.74. The number of para-hydroxylation sites is 1.